The van der Waals surface area contributed by atoms with Crippen LogP contribution >= 0.6 is 0 Å². The average Bonchev–Trinajstić information content (AvgIpc) is 3.48. The summed E-state index contributed by atoms with van der Waals surface area (Å²) in [5, 5.41) is 2.87. The fraction of sp³-hybridized carbons (Fsp3) is 0.480. The van der Waals surface area contributed by atoms with Crippen LogP contribution < -0.4 is 14.8 Å². The number of benzene rings is 2. The quantitative estimate of drug-likeness (QED) is 0.507. The fourth-order valence-corrected chi connectivity index (χ4v) is 7.90. The van der Waals surface area contributed by atoms with Gasteiger partial charge in [-0.05, 0) is 55.5 Å². The number of amides is 1. The van der Waals surface area contributed by atoms with E-state index < -0.39 is 26.0 Å². The second kappa shape index (κ2) is 11.4. The maximum absolute atomic E-state index is 13.4. The first-order valence-corrected chi connectivity index (χ1v) is 15.1. The Hall–Kier alpha value is -2.67. The summed E-state index contributed by atoms with van der Waals surface area (Å²) in [6.07, 6.45) is 2.86. The number of hydrogen-bond donors (Lipinski definition) is 1. The zero-order valence-corrected chi connectivity index (χ0v) is 22.7. The minimum absolute atomic E-state index is 0.000573. The molecule has 12 heteroatoms. The van der Waals surface area contributed by atoms with Crippen LogP contribution in [0, 0.1) is 5.92 Å². The zero-order chi connectivity index (χ0) is 26.6. The molecule has 2 aliphatic heterocycles. The van der Waals surface area contributed by atoms with Crippen LogP contribution in [-0.4, -0.2) is 71.8 Å². The van der Waals surface area contributed by atoms with Crippen molar-refractivity contribution in [2.45, 2.75) is 42.0 Å². The van der Waals surface area contributed by atoms with Gasteiger partial charge in [0, 0.05) is 38.8 Å². The summed E-state index contributed by atoms with van der Waals surface area (Å²) in [7, 11) is -4.54. The largest absolute Gasteiger partial charge is 0.497 e. The normalized spacial score (nSPS) is 19.5. The molecule has 2 fully saturated rings. The first kappa shape index (κ1) is 27.4. The van der Waals surface area contributed by atoms with Crippen molar-refractivity contribution in [2.24, 2.45) is 5.92 Å². The molecule has 0 radical (unpaired) electrons. The van der Waals surface area contributed by atoms with E-state index in [1.165, 1.54) is 28.9 Å². The maximum Gasteiger partial charge on any atom is 0.246 e. The minimum atomic E-state index is -3.91. The van der Waals surface area contributed by atoms with Gasteiger partial charge < -0.3 is 14.8 Å². The topological polar surface area (TPSA) is 122 Å². The van der Waals surface area contributed by atoms with Crippen LogP contribution in [-0.2, 0) is 31.4 Å². The fourth-order valence-electron chi connectivity index (χ4n) is 4.69. The van der Waals surface area contributed by atoms with Crippen molar-refractivity contribution in [3.63, 3.8) is 0 Å². The van der Waals surface area contributed by atoms with Gasteiger partial charge in [-0.3, -0.25) is 4.79 Å². The van der Waals surface area contributed by atoms with E-state index in [-0.39, 0.29) is 34.5 Å². The first-order valence-electron chi connectivity index (χ1n) is 12.3. The molecule has 0 aliphatic carbocycles. The summed E-state index contributed by atoms with van der Waals surface area (Å²) >= 11 is 0. The highest BCUT2D eigenvalue weighted by molar-refractivity contribution is 7.89. The molecule has 0 aromatic heterocycles. The predicted octanol–water partition coefficient (Wildman–Crippen LogP) is 2.21. The highest BCUT2D eigenvalue weighted by Crippen LogP contribution is 2.32. The molecule has 2 aromatic rings. The van der Waals surface area contributed by atoms with Gasteiger partial charge in [-0.2, -0.15) is 8.61 Å². The molecule has 2 heterocycles. The Kier molecular flexibility index (Phi) is 8.42. The van der Waals surface area contributed by atoms with Crippen molar-refractivity contribution in [3.05, 3.63) is 48.0 Å². The van der Waals surface area contributed by atoms with Gasteiger partial charge in [0.25, 0.3) is 0 Å². The molecular formula is C25H33N3O7S2. The van der Waals surface area contributed by atoms with Crippen LogP contribution in [0.3, 0.4) is 0 Å². The second-order valence-corrected chi connectivity index (χ2v) is 13.0. The number of nitrogens with one attached hydrogen (secondary N) is 1. The number of carbonyl (C=O) groups excluding carboxylic acids is 1. The third-order valence-electron chi connectivity index (χ3n) is 6.84. The molecule has 1 N–H and O–H groups in total. The van der Waals surface area contributed by atoms with E-state index in [2.05, 4.69) is 5.32 Å². The molecule has 2 aliphatic rings. The molecule has 2 aromatic carbocycles. The molecular weight excluding hydrogens is 518 g/mol. The third kappa shape index (κ3) is 5.92. The molecule has 202 valence electrons. The lowest BCUT2D eigenvalue weighted by Gasteiger charge is -2.31. The molecule has 0 bridgehead atoms. The summed E-state index contributed by atoms with van der Waals surface area (Å²) in [6, 6.07) is 11.1. The Labute approximate surface area is 218 Å². The molecule has 0 unspecified atom stereocenters. The third-order valence-corrected chi connectivity index (χ3v) is 10.6. The van der Waals surface area contributed by atoms with Crippen molar-refractivity contribution in [2.75, 3.05) is 40.4 Å². The van der Waals surface area contributed by atoms with Gasteiger partial charge in [0.05, 0.1) is 25.0 Å². The number of hydrogen-bond acceptors (Lipinski definition) is 7. The number of sulfonamides is 2. The Morgan fingerprint density at radius 3 is 2.22 bits per heavy atom. The number of carbonyl (C=O) groups is 1. The molecule has 10 nitrogen and oxygen atoms in total. The highest BCUT2D eigenvalue weighted by atomic mass is 32.2. The summed E-state index contributed by atoms with van der Waals surface area (Å²) < 4.78 is 65.4. The number of rotatable bonds is 9. The van der Waals surface area contributed by atoms with E-state index >= 15 is 0 Å². The van der Waals surface area contributed by atoms with Crippen LogP contribution in [0.25, 0.3) is 0 Å². The van der Waals surface area contributed by atoms with Crippen LogP contribution in [0.4, 0.5) is 0 Å². The predicted molar refractivity (Wildman–Crippen MR) is 137 cm³/mol. The summed E-state index contributed by atoms with van der Waals surface area (Å²) in [6.45, 7) is 1.66. The zero-order valence-electron chi connectivity index (χ0n) is 21.1. The monoisotopic (exact) mass is 551 g/mol. The summed E-state index contributed by atoms with van der Waals surface area (Å²) in [4.78, 5) is 13.2. The van der Waals surface area contributed by atoms with Crippen LogP contribution in [0.15, 0.2) is 52.3 Å². The lowest BCUT2D eigenvalue weighted by molar-refractivity contribution is -0.126. The SMILES string of the molecule is COc1ccc(OC)c(S(=O)(=O)N2CCC[C@@H](C(=O)NCc3ccc(S(=O)(=O)N4CCCC4)cc3)C2)c1. The number of methoxy groups -OCH3 is 2. The van der Waals surface area contributed by atoms with Crippen molar-refractivity contribution in [1.29, 1.82) is 0 Å². The van der Waals surface area contributed by atoms with E-state index in [9.17, 15) is 21.6 Å². The van der Waals surface area contributed by atoms with Gasteiger partial charge >= 0.3 is 0 Å². The van der Waals surface area contributed by atoms with Gasteiger partial charge in [-0.25, -0.2) is 16.8 Å². The second-order valence-electron chi connectivity index (χ2n) is 9.19. The van der Waals surface area contributed by atoms with E-state index in [1.54, 1.807) is 36.4 Å². The molecule has 37 heavy (non-hydrogen) atoms. The summed E-state index contributed by atoms with van der Waals surface area (Å²) in [5.41, 5.74) is 0.759. The standard InChI is InChI=1S/C25H33N3O7S2/c1-34-21-9-12-23(35-2)24(16-21)37(32,33)28-15-5-6-20(18-28)25(29)26-17-19-7-10-22(11-8-19)36(30,31)27-13-3-4-14-27/h7-12,16,20H,3-6,13-15,17-18H2,1-2H3,(H,26,29)/t20-/m1/s1. The Morgan fingerprint density at radius 2 is 1.57 bits per heavy atom. The van der Waals surface area contributed by atoms with Gasteiger partial charge in [0.1, 0.15) is 16.4 Å². The molecule has 1 amide bonds. The molecule has 1 atom stereocenters. The molecule has 2 saturated heterocycles. The van der Waals surface area contributed by atoms with Gasteiger partial charge in [0.15, 0.2) is 0 Å². The smallest absolute Gasteiger partial charge is 0.246 e. The molecule has 0 saturated carbocycles. The highest BCUT2D eigenvalue weighted by Gasteiger charge is 2.35. The van der Waals surface area contributed by atoms with E-state index in [0.29, 0.717) is 38.2 Å². The van der Waals surface area contributed by atoms with Crippen LogP contribution in [0.1, 0.15) is 31.2 Å². The van der Waals surface area contributed by atoms with E-state index in [4.69, 9.17) is 9.47 Å². The molecule has 4 rings (SSSR count). The lowest BCUT2D eigenvalue weighted by Crippen LogP contribution is -2.45. The molecule has 0 spiro atoms. The van der Waals surface area contributed by atoms with Crippen molar-refractivity contribution >= 4 is 26.0 Å². The van der Waals surface area contributed by atoms with Crippen molar-refractivity contribution in [3.8, 4) is 11.5 Å². The van der Waals surface area contributed by atoms with Gasteiger partial charge in [-0.15, -0.1) is 0 Å². The van der Waals surface area contributed by atoms with E-state index in [1.807, 2.05) is 0 Å². The number of piperidine rings is 1. The van der Waals surface area contributed by atoms with Crippen molar-refractivity contribution in [1.82, 2.24) is 13.9 Å². The van der Waals surface area contributed by atoms with Crippen LogP contribution in [0.5, 0.6) is 11.5 Å². The number of nitrogens with zero attached hydrogens (tertiary/aromatic N) is 2. The minimum Gasteiger partial charge on any atom is -0.497 e. The Bertz CT molecular complexity index is 1320. The first-order chi connectivity index (χ1) is 17.7. The van der Waals surface area contributed by atoms with Gasteiger partial charge in [0.2, 0.25) is 26.0 Å². The van der Waals surface area contributed by atoms with Crippen LogP contribution in [0.2, 0.25) is 0 Å². The number of ether oxygens (including phenoxy) is 2. The Morgan fingerprint density at radius 1 is 0.892 bits per heavy atom. The lowest BCUT2D eigenvalue weighted by atomic mass is 9.99. The van der Waals surface area contributed by atoms with Gasteiger partial charge in [-0.1, -0.05) is 12.1 Å². The van der Waals surface area contributed by atoms with Crippen molar-refractivity contribution < 1.29 is 31.1 Å². The Balaban J connectivity index is 1.39. The summed E-state index contributed by atoms with van der Waals surface area (Å²) in [5.74, 6) is -0.145. The maximum atomic E-state index is 13.4. The van der Waals surface area contributed by atoms with E-state index in [0.717, 1.165) is 18.4 Å². The average molecular weight is 552 g/mol.